The molecule has 0 aliphatic rings. The van der Waals surface area contributed by atoms with Crippen LogP contribution in [0, 0.1) is 6.92 Å². The maximum Gasteiger partial charge on any atom is 0.251 e. The molecule has 0 aliphatic carbocycles. The van der Waals surface area contributed by atoms with Crippen LogP contribution in [0.2, 0.25) is 0 Å². The summed E-state index contributed by atoms with van der Waals surface area (Å²) in [5.41, 5.74) is 3.64. The predicted octanol–water partition coefficient (Wildman–Crippen LogP) is 4.74. The van der Waals surface area contributed by atoms with Crippen molar-refractivity contribution in [1.29, 1.82) is 0 Å². The van der Waals surface area contributed by atoms with Crippen LogP contribution in [0.3, 0.4) is 0 Å². The normalized spacial score (nSPS) is 12.1. The van der Waals surface area contributed by atoms with Crippen LogP contribution >= 0.6 is 15.9 Å². The van der Waals surface area contributed by atoms with Crippen LogP contribution in [0.25, 0.3) is 11.0 Å². The highest BCUT2D eigenvalue weighted by atomic mass is 79.9. The molecule has 1 N–H and O–H groups in total. The van der Waals surface area contributed by atoms with Gasteiger partial charge in [0, 0.05) is 10.0 Å². The Labute approximate surface area is 155 Å². The Morgan fingerprint density at radius 1 is 1.28 bits per heavy atom. The van der Waals surface area contributed by atoms with E-state index in [9.17, 15) is 4.79 Å². The molecule has 1 heterocycles. The Morgan fingerprint density at radius 3 is 2.76 bits per heavy atom. The van der Waals surface area contributed by atoms with Crippen molar-refractivity contribution in [2.45, 2.75) is 26.4 Å². The average molecular weight is 398 g/mol. The van der Waals surface area contributed by atoms with Gasteiger partial charge in [0.1, 0.15) is 5.82 Å². The van der Waals surface area contributed by atoms with Gasteiger partial charge in [-0.25, -0.2) is 4.98 Å². The number of allylic oxidation sites excluding steroid dienone is 1. The molecule has 3 rings (SSSR count). The molecule has 0 spiro atoms. The molecule has 1 atom stereocenters. The molecule has 128 valence electrons. The fourth-order valence-electron chi connectivity index (χ4n) is 2.89. The third-order valence-corrected chi connectivity index (χ3v) is 4.28. The molecule has 0 radical (unpaired) electrons. The zero-order valence-corrected chi connectivity index (χ0v) is 15.9. The van der Waals surface area contributed by atoms with Crippen molar-refractivity contribution < 1.29 is 4.79 Å². The number of halogens is 1. The molecule has 0 fully saturated rings. The second kappa shape index (κ2) is 7.23. The lowest BCUT2D eigenvalue weighted by molar-refractivity contribution is 0.0937. The van der Waals surface area contributed by atoms with E-state index in [4.69, 9.17) is 4.98 Å². The number of para-hydroxylation sites is 2. The number of aromatic nitrogens is 2. The fourth-order valence-corrected chi connectivity index (χ4v) is 3.14. The van der Waals surface area contributed by atoms with E-state index in [0.29, 0.717) is 12.1 Å². The summed E-state index contributed by atoms with van der Waals surface area (Å²) in [5.74, 6) is 0.704. The monoisotopic (exact) mass is 397 g/mol. The van der Waals surface area contributed by atoms with E-state index in [0.717, 1.165) is 26.9 Å². The van der Waals surface area contributed by atoms with Gasteiger partial charge in [0.2, 0.25) is 0 Å². The van der Waals surface area contributed by atoms with Crippen LogP contribution in [-0.4, -0.2) is 15.5 Å². The summed E-state index contributed by atoms with van der Waals surface area (Å²) in [7, 11) is 0. The van der Waals surface area contributed by atoms with Crippen LogP contribution < -0.4 is 5.32 Å². The summed E-state index contributed by atoms with van der Waals surface area (Å²) < 4.78 is 2.93. The van der Waals surface area contributed by atoms with Crippen molar-refractivity contribution >= 4 is 32.9 Å². The number of nitrogens with zero attached hydrogens (tertiary/aromatic N) is 2. The van der Waals surface area contributed by atoms with E-state index >= 15 is 0 Å². The first kappa shape index (κ1) is 17.4. The molecule has 0 saturated carbocycles. The van der Waals surface area contributed by atoms with Crippen LogP contribution in [0.1, 0.15) is 34.7 Å². The molecule has 25 heavy (non-hydrogen) atoms. The fraction of sp³-hybridized carbons (Fsp3) is 0.200. The lowest BCUT2D eigenvalue weighted by atomic mass is 10.1. The van der Waals surface area contributed by atoms with Crippen LogP contribution in [-0.2, 0) is 6.54 Å². The molecule has 1 aromatic heterocycles. The first-order valence-corrected chi connectivity index (χ1v) is 8.91. The maximum absolute atomic E-state index is 12.6. The first-order valence-electron chi connectivity index (χ1n) is 8.11. The number of amides is 1. The Kier molecular flexibility index (Phi) is 5.04. The Morgan fingerprint density at radius 2 is 2.04 bits per heavy atom. The number of aryl methyl sites for hydroxylation is 1. The van der Waals surface area contributed by atoms with Gasteiger partial charge in [0.15, 0.2) is 0 Å². The molecule has 1 unspecified atom stereocenters. The van der Waals surface area contributed by atoms with Crippen LogP contribution in [0.4, 0.5) is 0 Å². The molecule has 4 nitrogen and oxygen atoms in total. The standard InChI is InChI=1S/C20H20BrN3O/c1-13-7-6-8-16(11-13)20(25)22-15(3)19-23-17-9-4-5-10-18(17)24(19)12-14(2)21/h4-11,15H,2,12H2,1,3H3,(H,22,25). The highest BCUT2D eigenvalue weighted by molar-refractivity contribution is 9.11. The van der Waals surface area contributed by atoms with E-state index in [1.165, 1.54) is 0 Å². The van der Waals surface area contributed by atoms with E-state index in [-0.39, 0.29) is 11.9 Å². The molecule has 2 aromatic carbocycles. The highest BCUT2D eigenvalue weighted by Gasteiger charge is 2.19. The van der Waals surface area contributed by atoms with Gasteiger partial charge >= 0.3 is 0 Å². The minimum atomic E-state index is -0.229. The predicted molar refractivity (Wildman–Crippen MR) is 105 cm³/mol. The largest absolute Gasteiger partial charge is 0.342 e. The van der Waals surface area contributed by atoms with E-state index < -0.39 is 0 Å². The number of carbonyl (C=O) groups is 1. The Balaban J connectivity index is 1.92. The highest BCUT2D eigenvalue weighted by Crippen LogP contribution is 2.23. The molecular formula is C20H20BrN3O. The van der Waals surface area contributed by atoms with Gasteiger partial charge < -0.3 is 9.88 Å². The van der Waals surface area contributed by atoms with Gasteiger partial charge in [-0.1, -0.05) is 52.3 Å². The number of imidazole rings is 1. The van der Waals surface area contributed by atoms with Crippen molar-refractivity contribution in [3.63, 3.8) is 0 Å². The molecule has 5 heteroatoms. The van der Waals surface area contributed by atoms with Gasteiger partial charge in [-0.15, -0.1) is 0 Å². The summed E-state index contributed by atoms with van der Waals surface area (Å²) in [6.45, 7) is 8.45. The molecule has 0 saturated heterocycles. The van der Waals surface area contributed by atoms with E-state index in [1.54, 1.807) is 0 Å². The molecule has 3 aromatic rings. The zero-order chi connectivity index (χ0) is 18.0. The zero-order valence-electron chi connectivity index (χ0n) is 14.3. The molecule has 0 aliphatic heterocycles. The number of hydrogen-bond acceptors (Lipinski definition) is 2. The molecular weight excluding hydrogens is 378 g/mol. The average Bonchev–Trinajstić information content (AvgIpc) is 2.93. The Hall–Kier alpha value is -2.40. The van der Waals surface area contributed by atoms with Crippen molar-refractivity contribution in [1.82, 2.24) is 14.9 Å². The smallest absolute Gasteiger partial charge is 0.251 e. The van der Waals surface area contributed by atoms with Gasteiger partial charge in [-0.05, 0) is 38.1 Å². The number of nitrogens with one attached hydrogen (secondary N) is 1. The number of carbonyl (C=O) groups excluding carboxylic acids is 1. The number of hydrogen-bond donors (Lipinski definition) is 1. The summed E-state index contributed by atoms with van der Waals surface area (Å²) in [4.78, 5) is 17.3. The van der Waals surface area contributed by atoms with Crippen molar-refractivity contribution in [2.75, 3.05) is 0 Å². The molecule has 1 amide bonds. The summed E-state index contributed by atoms with van der Waals surface area (Å²) in [6.07, 6.45) is 0. The summed E-state index contributed by atoms with van der Waals surface area (Å²) >= 11 is 3.43. The lowest BCUT2D eigenvalue weighted by Crippen LogP contribution is -2.28. The van der Waals surface area contributed by atoms with Gasteiger partial charge in [0.05, 0.1) is 23.6 Å². The second-order valence-corrected chi connectivity index (χ2v) is 7.25. The van der Waals surface area contributed by atoms with Crippen LogP contribution in [0.5, 0.6) is 0 Å². The summed E-state index contributed by atoms with van der Waals surface area (Å²) in [5, 5.41) is 3.05. The third kappa shape index (κ3) is 3.82. The van der Waals surface area contributed by atoms with Gasteiger partial charge in [0.25, 0.3) is 5.91 Å². The number of rotatable bonds is 5. The number of fused-ring (bicyclic) bond motifs is 1. The third-order valence-electron chi connectivity index (χ3n) is 4.03. The van der Waals surface area contributed by atoms with E-state index in [1.807, 2.05) is 62.4 Å². The van der Waals surface area contributed by atoms with Gasteiger partial charge in [-0.2, -0.15) is 0 Å². The number of benzene rings is 2. The second-order valence-electron chi connectivity index (χ2n) is 6.13. The first-order chi connectivity index (χ1) is 12.0. The van der Waals surface area contributed by atoms with E-state index in [2.05, 4.69) is 32.4 Å². The van der Waals surface area contributed by atoms with Crippen LogP contribution in [0.15, 0.2) is 59.6 Å². The van der Waals surface area contributed by atoms with Gasteiger partial charge in [-0.3, -0.25) is 4.79 Å². The lowest BCUT2D eigenvalue weighted by Gasteiger charge is -2.16. The topological polar surface area (TPSA) is 46.9 Å². The SMILES string of the molecule is C=C(Br)Cn1c(C(C)NC(=O)c2cccc(C)c2)nc2ccccc21. The minimum absolute atomic E-state index is 0.104. The quantitative estimate of drug-likeness (QED) is 0.675. The summed E-state index contributed by atoms with van der Waals surface area (Å²) in [6, 6.07) is 15.3. The maximum atomic E-state index is 12.6. The Bertz CT molecular complexity index is 945. The van der Waals surface area contributed by atoms with Crippen molar-refractivity contribution in [3.8, 4) is 0 Å². The van der Waals surface area contributed by atoms with Crippen molar-refractivity contribution in [2.24, 2.45) is 0 Å². The molecule has 0 bridgehead atoms. The minimum Gasteiger partial charge on any atom is -0.342 e. The van der Waals surface area contributed by atoms with Crippen molar-refractivity contribution in [3.05, 3.63) is 76.5 Å².